The molecule has 1 aromatic rings. The van der Waals surface area contributed by atoms with E-state index in [4.69, 9.17) is 0 Å². The lowest BCUT2D eigenvalue weighted by molar-refractivity contribution is 0.686. The molecule has 0 unspecified atom stereocenters. The standard InChI is InChI=1S/C11H14N/c1-8-10-6-4-5-7-11(10)9(2)12(8)3/h1-7H2/q-1. The molecule has 2 rings (SSSR count). The van der Waals surface area contributed by atoms with Crippen LogP contribution in [0.1, 0.15) is 24.0 Å². The summed E-state index contributed by atoms with van der Waals surface area (Å²) in [5, 5.41) is 2.13. The number of nitrogens with zero attached hydrogens (tertiary/aromatic N) is 1. The predicted octanol–water partition coefficient (Wildman–Crippen LogP) is 0.827. The maximum atomic E-state index is 4.01. The maximum absolute atomic E-state index is 4.01. The Bertz CT molecular complexity index is 360. The molecule has 0 saturated carbocycles. The fraction of sp³-hybridized carbons (Fsp3) is 0.364. The average Bonchev–Trinajstić information content (AvgIpc) is 2.33. The van der Waals surface area contributed by atoms with Crippen molar-refractivity contribution >= 4 is 13.2 Å². The first-order valence-corrected chi connectivity index (χ1v) is 4.43. The molecule has 0 N–H and O–H groups in total. The lowest BCUT2D eigenvalue weighted by atomic mass is 9.95. The second-order valence-electron chi connectivity index (χ2n) is 3.49. The molecule has 1 aliphatic rings. The first kappa shape index (κ1) is 7.53. The van der Waals surface area contributed by atoms with Crippen LogP contribution < -0.4 is 10.7 Å². The Morgan fingerprint density at radius 3 is 1.83 bits per heavy atom. The summed E-state index contributed by atoms with van der Waals surface area (Å²) < 4.78 is 1.87. The Kier molecular flexibility index (Phi) is 1.53. The van der Waals surface area contributed by atoms with Gasteiger partial charge in [-0.25, -0.2) is 0 Å². The van der Waals surface area contributed by atoms with Gasteiger partial charge in [0.15, 0.2) is 0 Å². The summed E-state index contributed by atoms with van der Waals surface area (Å²) in [7, 11) is 3.92. The minimum atomic E-state index is 1.06. The average molecular weight is 160 g/mol. The van der Waals surface area contributed by atoms with Crippen LogP contribution in [0.3, 0.4) is 0 Å². The zero-order valence-electron chi connectivity index (χ0n) is 7.40. The number of rotatable bonds is 0. The van der Waals surface area contributed by atoms with Crippen LogP contribution in [-0.4, -0.2) is 4.57 Å². The first-order chi connectivity index (χ1) is 5.72. The molecule has 64 valence electrons. The van der Waals surface area contributed by atoms with Crippen molar-refractivity contribution in [1.82, 2.24) is 4.57 Å². The van der Waals surface area contributed by atoms with Gasteiger partial charge in [0.2, 0.25) is 0 Å². The highest BCUT2D eigenvalue weighted by Gasteiger charge is 2.08. The predicted molar refractivity (Wildman–Crippen MR) is 52.1 cm³/mol. The van der Waals surface area contributed by atoms with Crippen molar-refractivity contribution in [2.24, 2.45) is 0 Å². The summed E-state index contributed by atoms with van der Waals surface area (Å²) in [5.41, 5.74) is 2.81. The van der Waals surface area contributed by atoms with E-state index in [0.29, 0.717) is 0 Å². The molecule has 1 aromatic heterocycles. The van der Waals surface area contributed by atoms with Crippen molar-refractivity contribution in [1.29, 1.82) is 0 Å². The molecule has 0 spiro atoms. The quantitative estimate of drug-likeness (QED) is 0.495. The van der Waals surface area contributed by atoms with E-state index >= 15 is 0 Å². The fourth-order valence-corrected chi connectivity index (χ4v) is 2.03. The highest BCUT2D eigenvalue weighted by Crippen LogP contribution is 2.14. The van der Waals surface area contributed by atoms with Gasteiger partial charge in [-0.3, -0.25) is 0 Å². The molecule has 1 heteroatoms. The smallest absolute Gasteiger partial charge is 0.0381 e. The van der Waals surface area contributed by atoms with Crippen LogP contribution in [0.5, 0.6) is 0 Å². The Labute approximate surface area is 73.0 Å². The van der Waals surface area contributed by atoms with Crippen molar-refractivity contribution in [3.8, 4) is 0 Å². The third-order valence-electron chi connectivity index (χ3n) is 2.82. The monoisotopic (exact) mass is 160 g/mol. The second kappa shape index (κ2) is 2.44. The molecule has 1 heterocycles. The van der Waals surface area contributed by atoms with Crippen LogP contribution in [0.25, 0.3) is 13.2 Å². The van der Waals surface area contributed by atoms with Crippen LogP contribution >= 0.6 is 0 Å². The molecule has 0 radical (unpaired) electrons. The first-order valence-electron chi connectivity index (χ1n) is 4.43. The van der Waals surface area contributed by atoms with Crippen molar-refractivity contribution in [2.45, 2.75) is 25.7 Å². The van der Waals surface area contributed by atoms with Crippen LogP contribution in [0.15, 0.2) is 0 Å². The van der Waals surface area contributed by atoms with Gasteiger partial charge in [0, 0.05) is 0 Å². The molecule has 1 aliphatic carbocycles. The molecule has 0 fully saturated rings. The van der Waals surface area contributed by atoms with Gasteiger partial charge in [0.1, 0.15) is 0 Å². The zero-order valence-corrected chi connectivity index (χ0v) is 7.40. The highest BCUT2D eigenvalue weighted by atomic mass is 14.9. The summed E-state index contributed by atoms with van der Waals surface area (Å²) in [4.78, 5) is 0. The lowest BCUT2D eigenvalue weighted by Gasteiger charge is -2.13. The number of hydrogen-bond donors (Lipinski definition) is 0. The molecule has 0 aliphatic heterocycles. The van der Waals surface area contributed by atoms with Gasteiger partial charge in [0.25, 0.3) is 0 Å². The van der Waals surface area contributed by atoms with E-state index in [9.17, 15) is 0 Å². The minimum absolute atomic E-state index is 1.06. The van der Waals surface area contributed by atoms with Gasteiger partial charge >= 0.3 is 0 Å². The Hall–Kier alpha value is -1.11. The Morgan fingerprint density at radius 2 is 1.42 bits per heavy atom. The molecule has 0 amide bonds. The molecule has 0 atom stereocenters. The third-order valence-corrected chi connectivity index (χ3v) is 2.82. The van der Waals surface area contributed by atoms with Gasteiger partial charge in [-0.1, -0.05) is 21.8 Å². The van der Waals surface area contributed by atoms with Crippen LogP contribution in [0.2, 0.25) is 0 Å². The van der Waals surface area contributed by atoms with E-state index in [1.165, 1.54) is 36.8 Å². The van der Waals surface area contributed by atoms with Gasteiger partial charge in [-0.05, 0) is 25.7 Å². The number of hydrogen-bond acceptors (Lipinski definition) is 0. The molecule has 12 heavy (non-hydrogen) atoms. The third kappa shape index (κ3) is 0.826. The number of aromatic nitrogens is 1. The second-order valence-corrected chi connectivity index (χ2v) is 3.49. The SMILES string of the molecule is C=c1c2c(c(=C)n1[CH2-])CCCC2. The van der Waals surface area contributed by atoms with Gasteiger partial charge in [-0.15, -0.1) is 20.2 Å². The molecule has 0 saturated heterocycles. The van der Waals surface area contributed by atoms with Gasteiger partial charge < -0.3 is 4.57 Å². The van der Waals surface area contributed by atoms with Crippen molar-refractivity contribution in [3.63, 3.8) is 0 Å². The van der Waals surface area contributed by atoms with Gasteiger partial charge in [-0.2, -0.15) is 0 Å². The van der Waals surface area contributed by atoms with Crippen molar-refractivity contribution in [2.75, 3.05) is 0 Å². The van der Waals surface area contributed by atoms with E-state index in [0.717, 1.165) is 10.7 Å². The largest absolute Gasteiger partial charge is 0.482 e. The van der Waals surface area contributed by atoms with E-state index in [1.54, 1.807) is 0 Å². The molecular weight excluding hydrogens is 146 g/mol. The molecular formula is C11H14N-. The maximum Gasteiger partial charge on any atom is -0.0381 e. The molecule has 1 nitrogen and oxygen atoms in total. The van der Waals surface area contributed by atoms with Crippen LogP contribution in [0.4, 0.5) is 0 Å². The summed E-state index contributed by atoms with van der Waals surface area (Å²) in [6.07, 6.45) is 4.91. The topological polar surface area (TPSA) is 4.93 Å². The molecule has 0 aromatic carbocycles. The fourth-order valence-electron chi connectivity index (χ4n) is 2.03. The Morgan fingerprint density at radius 1 is 1.00 bits per heavy atom. The normalized spacial score (nSPS) is 16.0. The van der Waals surface area contributed by atoms with E-state index in [1.807, 2.05) is 4.57 Å². The van der Waals surface area contributed by atoms with E-state index < -0.39 is 0 Å². The highest BCUT2D eigenvalue weighted by molar-refractivity contribution is 5.33. The minimum Gasteiger partial charge on any atom is -0.482 e. The lowest BCUT2D eigenvalue weighted by Crippen LogP contribution is -2.20. The van der Waals surface area contributed by atoms with Crippen molar-refractivity contribution < 1.29 is 0 Å². The summed E-state index contributed by atoms with van der Waals surface area (Å²) >= 11 is 0. The molecule has 0 bridgehead atoms. The van der Waals surface area contributed by atoms with Gasteiger partial charge in [0.05, 0.1) is 0 Å². The Balaban J connectivity index is 2.77. The number of fused-ring (bicyclic) bond motifs is 1. The van der Waals surface area contributed by atoms with E-state index in [2.05, 4.69) is 20.2 Å². The van der Waals surface area contributed by atoms with Crippen molar-refractivity contribution in [3.05, 3.63) is 28.9 Å². The summed E-state index contributed by atoms with van der Waals surface area (Å²) in [5.74, 6) is 0. The van der Waals surface area contributed by atoms with E-state index in [-0.39, 0.29) is 0 Å². The van der Waals surface area contributed by atoms with Crippen LogP contribution in [-0.2, 0) is 12.8 Å². The zero-order chi connectivity index (χ0) is 8.72. The summed E-state index contributed by atoms with van der Waals surface area (Å²) in [6, 6.07) is 0. The van der Waals surface area contributed by atoms with Crippen LogP contribution in [0, 0.1) is 7.05 Å². The summed E-state index contributed by atoms with van der Waals surface area (Å²) in [6.45, 7) is 8.03.